The molecule has 1 aromatic heterocycles. The molecule has 0 N–H and O–H groups in total. The van der Waals surface area contributed by atoms with E-state index < -0.39 is 0 Å². The fraction of sp³-hybridized carbons (Fsp3) is 0.167. The van der Waals surface area contributed by atoms with E-state index in [0.29, 0.717) is 12.1 Å². The zero-order valence-electron chi connectivity index (χ0n) is 9.22. The first kappa shape index (κ1) is 11.7. The summed E-state index contributed by atoms with van der Waals surface area (Å²) in [7, 11) is 1.63. The molecule has 1 heterocycles. The molecule has 0 aliphatic carbocycles. The summed E-state index contributed by atoms with van der Waals surface area (Å²) in [6.07, 6.45) is 3.27. The second-order valence-corrected chi connectivity index (χ2v) is 4.45. The summed E-state index contributed by atoms with van der Waals surface area (Å²) in [4.78, 5) is 0. The van der Waals surface area contributed by atoms with Gasteiger partial charge in [0.1, 0.15) is 11.8 Å². The van der Waals surface area contributed by atoms with Gasteiger partial charge in [0.05, 0.1) is 25.4 Å². The molecule has 0 fully saturated rings. The first-order valence-electron chi connectivity index (χ1n) is 4.97. The molecule has 1 aromatic carbocycles. The summed E-state index contributed by atoms with van der Waals surface area (Å²) in [5.41, 5.74) is 1.62. The van der Waals surface area contributed by atoms with Crippen LogP contribution >= 0.6 is 15.9 Å². The Hall–Kier alpha value is -1.80. The highest BCUT2D eigenvalue weighted by atomic mass is 79.9. The smallest absolute Gasteiger partial charge is 0.120 e. The molecule has 0 saturated heterocycles. The van der Waals surface area contributed by atoms with Crippen LogP contribution in [0.4, 0.5) is 0 Å². The third-order valence-electron chi connectivity index (χ3n) is 2.27. The van der Waals surface area contributed by atoms with Crippen LogP contribution in [0.2, 0.25) is 0 Å². The predicted octanol–water partition coefficient (Wildman–Crippen LogP) is 2.57. The minimum atomic E-state index is 0.562. The number of aromatic nitrogens is 2. The number of halogens is 1. The van der Waals surface area contributed by atoms with E-state index in [4.69, 9.17) is 10.00 Å². The summed E-state index contributed by atoms with van der Waals surface area (Å²) in [5.74, 6) is 0.794. The maximum absolute atomic E-state index is 8.71. The molecule has 5 heteroatoms. The Bertz CT molecular complexity index is 571. The topological polar surface area (TPSA) is 50.8 Å². The predicted molar refractivity (Wildman–Crippen MR) is 66.7 cm³/mol. The zero-order chi connectivity index (χ0) is 12.3. The summed E-state index contributed by atoms with van der Waals surface area (Å²) in [6, 6.07) is 7.89. The minimum absolute atomic E-state index is 0.562. The Morgan fingerprint density at radius 1 is 1.47 bits per heavy atom. The molecular formula is C12H10BrN3O. The largest absolute Gasteiger partial charge is 0.497 e. The van der Waals surface area contributed by atoms with Gasteiger partial charge >= 0.3 is 0 Å². The van der Waals surface area contributed by atoms with Gasteiger partial charge in [0.2, 0.25) is 0 Å². The van der Waals surface area contributed by atoms with Gasteiger partial charge in [-0.3, -0.25) is 4.68 Å². The van der Waals surface area contributed by atoms with Gasteiger partial charge < -0.3 is 4.74 Å². The maximum Gasteiger partial charge on any atom is 0.120 e. The average molecular weight is 292 g/mol. The summed E-state index contributed by atoms with van der Waals surface area (Å²) < 4.78 is 7.87. The number of benzene rings is 1. The van der Waals surface area contributed by atoms with E-state index in [1.165, 1.54) is 0 Å². The van der Waals surface area contributed by atoms with E-state index in [0.717, 1.165) is 15.8 Å². The van der Waals surface area contributed by atoms with Crippen molar-refractivity contribution in [3.05, 3.63) is 46.2 Å². The molecule has 0 saturated carbocycles. The van der Waals surface area contributed by atoms with E-state index in [9.17, 15) is 0 Å². The zero-order valence-corrected chi connectivity index (χ0v) is 10.8. The number of nitriles is 1. The van der Waals surface area contributed by atoms with E-state index >= 15 is 0 Å². The van der Waals surface area contributed by atoms with Crippen molar-refractivity contribution < 1.29 is 4.74 Å². The van der Waals surface area contributed by atoms with E-state index in [2.05, 4.69) is 21.0 Å². The Morgan fingerprint density at radius 2 is 2.29 bits per heavy atom. The Labute approximate surface area is 108 Å². The monoisotopic (exact) mass is 291 g/mol. The van der Waals surface area contributed by atoms with Gasteiger partial charge in [0.25, 0.3) is 0 Å². The lowest BCUT2D eigenvalue weighted by atomic mass is 10.2. The minimum Gasteiger partial charge on any atom is -0.497 e. The lowest BCUT2D eigenvalue weighted by Gasteiger charge is -2.06. The van der Waals surface area contributed by atoms with E-state index in [-0.39, 0.29) is 0 Å². The highest BCUT2D eigenvalue weighted by molar-refractivity contribution is 9.10. The van der Waals surface area contributed by atoms with Gasteiger partial charge in [0, 0.05) is 10.7 Å². The molecule has 0 aliphatic rings. The SMILES string of the molecule is COc1cc(Br)cc(Cn2cc(C#N)cn2)c1. The van der Waals surface area contributed by atoms with Crippen LogP contribution in [-0.4, -0.2) is 16.9 Å². The molecule has 0 aliphatic heterocycles. The quantitative estimate of drug-likeness (QED) is 0.873. The molecule has 4 nitrogen and oxygen atoms in total. The van der Waals surface area contributed by atoms with Crippen LogP contribution in [-0.2, 0) is 6.54 Å². The van der Waals surface area contributed by atoms with Crippen molar-refractivity contribution >= 4 is 15.9 Å². The second kappa shape index (κ2) is 5.02. The number of hydrogen-bond donors (Lipinski definition) is 0. The van der Waals surface area contributed by atoms with E-state index in [1.54, 1.807) is 24.2 Å². The summed E-state index contributed by atoms with van der Waals surface area (Å²) >= 11 is 3.42. The van der Waals surface area contributed by atoms with Gasteiger partial charge in [-0.1, -0.05) is 15.9 Å². The van der Waals surface area contributed by atoms with E-state index in [1.807, 2.05) is 24.3 Å². The van der Waals surface area contributed by atoms with Crippen molar-refractivity contribution in [2.75, 3.05) is 7.11 Å². The first-order valence-corrected chi connectivity index (χ1v) is 5.76. The van der Waals surface area contributed by atoms with Crippen LogP contribution in [0.25, 0.3) is 0 Å². The van der Waals surface area contributed by atoms with Gasteiger partial charge in [-0.25, -0.2) is 0 Å². The third-order valence-corrected chi connectivity index (χ3v) is 2.73. The summed E-state index contributed by atoms with van der Waals surface area (Å²) in [5, 5.41) is 12.8. The van der Waals surface area contributed by atoms with Gasteiger partial charge in [0.15, 0.2) is 0 Å². The standard InChI is InChI=1S/C12H10BrN3O/c1-17-12-3-9(2-11(13)4-12)7-16-8-10(5-14)6-15-16/h2-4,6,8H,7H2,1H3. The molecule has 0 radical (unpaired) electrons. The van der Waals surface area contributed by atoms with Crippen LogP contribution in [0.3, 0.4) is 0 Å². The van der Waals surface area contributed by atoms with Crippen molar-refractivity contribution in [2.45, 2.75) is 6.54 Å². The second-order valence-electron chi connectivity index (χ2n) is 3.54. The first-order chi connectivity index (χ1) is 8.21. The number of hydrogen-bond acceptors (Lipinski definition) is 3. The molecule has 2 rings (SSSR count). The molecule has 0 bridgehead atoms. The van der Waals surface area contributed by atoms with Crippen LogP contribution < -0.4 is 4.74 Å². The number of rotatable bonds is 3. The van der Waals surface area contributed by atoms with Crippen LogP contribution in [0.15, 0.2) is 35.1 Å². The number of methoxy groups -OCH3 is 1. The van der Waals surface area contributed by atoms with Crippen molar-refractivity contribution in [3.8, 4) is 11.8 Å². The maximum atomic E-state index is 8.71. The Balaban J connectivity index is 2.23. The van der Waals surface area contributed by atoms with Crippen LogP contribution in [0, 0.1) is 11.3 Å². The molecule has 0 amide bonds. The molecular weight excluding hydrogens is 282 g/mol. The summed E-state index contributed by atoms with van der Waals surface area (Å²) in [6.45, 7) is 0.609. The molecule has 17 heavy (non-hydrogen) atoms. The molecule has 86 valence electrons. The highest BCUT2D eigenvalue weighted by Crippen LogP contribution is 2.21. The van der Waals surface area contributed by atoms with Crippen LogP contribution in [0.1, 0.15) is 11.1 Å². The lowest BCUT2D eigenvalue weighted by molar-refractivity contribution is 0.413. The molecule has 0 spiro atoms. The number of nitrogens with zero attached hydrogens (tertiary/aromatic N) is 3. The van der Waals surface area contributed by atoms with Gasteiger partial charge in [-0.15, -0.1) is 0 Å². The highest BCUT2D eigenvalue weighted by Gasteiger charge is 2.02. The average Bonchev–Trinajstić information content (AvgIpc) is 2.76. The van der Waals surface area contributed by atoms with Crippen molar-refractivity contribution in [2.24, 2.45) is 0 Å². The van der Waals surface area contributed by atoms with Crippen LogP contribution in [0.5, 0.6) is 5.75 Å². The van der Waals surface area contributed by atoms with Crippen molar-refractivity contribution in [1.82, 2.24) is 9.78 Å². The number of ether oxygens (including phenoxy) is 1. The fourth-order valence-corrected chi connectivity index (χ4v) is 2.04. The van der Waals surface area contributed by atoms with Crippen molar-refractivity contribution in [3.63, 3.8) is 0 Å². The molecule has 0 unspecified atom stereocenters. The Morgan fingerprint density at radius 3 is 2.94 bits per heavy atom. The van der Waals surface area contributed by atoms with Gasteiger partial charge in [-0.05, 0) is 23.8 Å². The Kier molecular flexibility index (Phi) is 3.45. The fourth-order valence-electron chi connectivity index (χ4n) is 1.52. The molecule has 0 atom stereocenters. The van der Waals surface area contributed by atoms with Crippen molar-refractivity contribution in [1.29, 1.82) is 5.26 Å². The van der Waals surface area contributed by atoms with Gasteiger partial charge in [-0.2, -0.15) is 10.4 Å². The molecule has 2 aromatic rings. The normalized spacial score (nSPS) is 9.94. The lowest BCUT2D eigenvalue weighted by Crippen LogP contribution is -2.00. The third kappa shape index (κ3) is 2.86.